The van der Waals surface area contributed by atoms with Gasteiger partial charge in [0.1, 0.15) is 23.0 Å². The van der Waals surface area contributed by atoms with E-state index in [1.54, 1.807) is 24.3 Å². The lowest BCUT2D eigenvalue weighted by molar-refractivity contribution is -0.380. The number of hydrogen-bond acceptors (Lipinski definition) is 8. The second-order valence-electron chi connectivity index (χ2n) is 7.05. The van der Waals surface area contributed by atoms with Crippen molar-refractivity contribution in [2.45, 2.75) is 13.3 Å². The molecule has 0 saturated carbocycles. The molecule has 0 bridgehead atoms. The van der Waals surface area contributed by atoms with Crippen molar-refractivity contribution < 1.29 is 23.6 Å². The molecule has 2 heterocycles. The molecule has 12 heteroatoms. The summed E-state index contributed by atoms with van der Waals surface area (Å²) in [7, 11) is 0. The van der Waals surface area contributed by atoms with Crippen LogP contribution in [0.1, 0.15) is 23.0 Å². The smallest absolute Gasteiger partial charge is 0.324 e. The van der Waals surface area contributed by atoms with Gasteiger partial charge < -0.3 is 9.47 Å². The van der Waals surface area contributed by atoms with Gasteiger partial charge in [-0.25, -0.2) is 9.37 Å². The van der Waals surface area contributed by atoms with Gasteiger partial charge in [0.05, 0.1) is 21.4 Å². The number of anilines is 1. The summed E-state index contributed by atoms with van der Waals surface area (Å²) in [5.41, 5.74) is 1.11. The van der Waals surface area contributed by atoms with E-state index in [0.717, 1.165) is 35.2 Å². The Kier molecular flexibility index (Phi) is 7.59. The SMILES string of the molecule is CCCOc1ccc(-c2nc(NC(=O)c3ccc([N+](=O)[O-])s3)sc2Oc2ccc(F)cc2Cl)cc1. The third-order valence-corrected chi connectivity index (χ3v) is 6.69. The van der Waals surface area contributed by atoms with Gasteiger partial charge in [0.2, 0.25) is 5.06 Å². The van der Waals surface area contributed by atoms with Crippen molar-refractivity contribution in [3.63, 3.8) is 0 Å². The number of halogens is 2. The van der Waals surface area contributed by atoms with E-state index in [1.807, 2.05) is 6.92 Å². The molecule has 0 unspecified atom stereocenters. The van der Waals surface area contributed by atoms with Crippen LogP contribution in [0, 0.1) is 15.9 Å². The third-order valence-electron chi connectivity index (χ3n) is 4.51. The number of hydrogen-bond donors (Lipinski definition) is 1. The van der Waals surface area contributed by atoms with Crippen LogP contribution < -0.4 is 14.8 Å². The lowest BCUT2D eigenvalue weighted by atomic mass is 10.1. The summed E-state index contributed by atoms with van der Waals surface area (Å²) < 4.78 is 25.0. The van der Waals surface area contributed by atoms with E-state index in [9.17, 15) is 19.3 Å². The molecule has 180 valence electrons. The van der Waals surface area contributed by atoms with E-state index >= 15 is 0 Å². The second kappa shape index (κ2) is 10.8. The van der Waals surface area contributed by atoms with Crippen molar-refractivity contribution in [2.75, 3.05) is 11.9 Å². The van der Waals surface area contributed by atoms with Crippen molar-refractivity contribution in [2.24, 2.45) is 0 Å². The maximum absolute atomic E-state index is 13.5. The molecule has 35 heavy (non-hydrogen) atoms. The minimum atomic E-state index is -0.560. The highest BCUT2D eigenvalue weighted by Crippen LogP contribution is 2.42. The van der Waals surface area contributed by atoms with Gasteiger partial charge in [0.15, 0.2) is 5.13 Å². The van der Waals surface area contributed by atoms with Crippen LogP contribution in [-0.2, 0) is 0 Å². The quantitative estimate of drug-likeness (QED) is 0.177. The van der Waals surface area contributed by atoms with Crippen LogP contribution in [0.2, 0.25) is 5.02 Å². The molecule has 0 aliphatic heterocycles. The molecular formula is C23H17ClFN3O5S2. The Morgan fingerprint density at radius 1 is 1.17 bits per heavy atom. The van der Waals surface area contributed by atoms with Crippen molar-refractivity contribution >= 4 is 50.3 Å². The summed E-state index contributed by atoms with van der Waals surface area (Å²) in [6.07, 6.45) is 0.876. The second-order valence-corrected chi connectivity index (χ2v) is 9.48. The minimum Gasteiger partial charge on any atom is -0.494 e. The monoisotopic (exact) mass is 533 g/mol. The topological polar surface area (TPSA) is 104 Å². The number of amides is 1. The first-order valence-corrected chi connectivity index (χ1v) is 12.3. The van der Waals surface area contributed by atoms with Crippen LogP contribution in [0.3, 0.4) is 0 Å². The van der Waals surface area contributed by atoms with Crippen LogP contribution in [-0.4, -0.2) is 22.4 Å². The van der Waals surface area contributed by atoms with E-state index in [1.165, 1.54) is 24.3 Å². The highest BCUT2D eigenvalue weighted by molar-refractivity contribution is 7.19. The fraction of sp³-hybridized carbons (Fsp3) is 0.130. The fourth-order valence-corrected chi connectivity index (χ4v) is 4.67. The zero-order chi connectivity index (χ0) is 24.9. The summed E-state index contributed by atoms with van der Waals surface area (Å²) in [5.74, 6) is -0.138. The number of carbonyl (C=O) groups is 1. The summed E-state index contributed by atoms with van der Waals surface area (Å²) in [6, 6.07) is 13.6. The molecule has 2 aromatic carbocycles. The Bertz CT molecular complexity index is 1370. The first-order valence-electron chi connectivity index (χ1n) is 10.3. The summed E-state index contributed by atoms with van der Waals surface area (Å²) in [6.45, 7) is 2.60. The molecule has 4 aromatic rings. The summed E-state index contributed by atoms with van der Waals surface area (Å²) in [5, 5.41) is 14.0. The van der Waals surface area contributed by atoms with Crippen LogP contribution >= 0.6 is 34.3 Å². The first kappa shape index (κ1) is 24.6. The number of ether oxygens (including phenoxy) is 2. The molecule has 0 aliphatic carbocycles. The number of carbonyl (C=O) groups excluding carboxylic acids is 1. The Morgan fingerprint density at radius 3 is 2.60 bits per heavy atom. The molecule has 0 atom stereocenters. The van der Waals surface area contributed by atoms with Gasteiger partial charge in [-0.3, -0.25) is 20.2 Å². The van der Waals surface area contributed by atoms with Gasteiger partial charge in [0.25, 0.3) is 5.91 Å². The molecule has 0 fully saturated rings. The van der Waals surface area contributed by atoms with Gasteiger partial charge >= 0.3 is 5.00 Å². The highest BCUT2D eigenvalue weighted by Gasteiger charge is 2.21. The van der Waals surface area contributed by atoms with Crippen molar-refractivity contribution in [1.29, 1.82) is 0 Å². The number of thiazole rings is 1. The summed E-state index contributed by atoms with van der Waals surface area (Å²) in [4.78, 5) is 27.6. The predicted molar refractivity (Wildman–Crippen MR) is 134 cm³/mol. The number of benzene rings is 2. The largest absolute Gasteiger partial charge is 0.494 e. The summed E-state index contributed by atoms with van der Waals surface area (Å²) >= 11 is 7.92. The number of nitrogens with zero attached hydrogens (tertiary/aromatic N) is 2. The average molecular weight is 534 g/mol. The Morgan fingerprint density at radius 2 is 1.94 bits per heavy atom. The maximum atomic E-state index is 13.5. The molecule has 0 radical (unpaired) electrons. The van der Waals surface area contributed by atoms with E-state index < -0.39 is 16.6 Å². The molecule has 8 nitrogen and oxygen atoms in total. The van der Waals surface area contributed by atoms with E-state index in [0.29, 0.717) is 28.7 Å². The Balaban J connectivity index is 1.65. The zero-order valence-corrected chi connectivity index (χ0v) is 20.5. The number of aromatic nitrogens is 1. The van der Waals surface area contributed by atoms with Gasteiger partial charge in [-0.15, -0.1) is 0 Å². The minimum absolute atomic E-state index is 0.0733. The highest BCUT2D eigenvalue weighted by atomic mass is 35.5. The van der Waals surface area contributed by atoms with Crippen LogP contribution in [0.5, 0.6) is 16.6 Å². The van der Waals surface area contributed by atoms with Crippen molar-refractivity contribution in [1.82, 2.24) is 4.98 Å². The number of nitro groups is 1. The Labute approximate surface area is 212 Å². The number of nitrogens with one attached hydrogen (secondary N) is 1. The molecular weight excluding hydrogens is 517 g/mol. The molecule has 0 saturated heterocycles. The molecule has 1 amide bonds. The normalized spacial score (nSPS) is 10.7. The van der Waals surface area contributed by atoms with E-state index in [2.05, 4.69) is 10.3 Å². The van der Waals surface area contributed by atoms with E-state index in [-0.39, 0.29) is 25.8 Å². The molecule has 1 N–H and O–H groups in total. The van der Waals surface area contributed by atoms with Gasteiger partial charge in [-0.1, -0.05) is 41.2 Å². The lowest BCUT2D eigenvalue weighted by Gasteiger charge is -2.08. The van der Waals surface area contributed by atoms with Crippen molar-refractivity contribution in [3.8, 4) is 27.8 Å². The fourth-order valence-electron chi connectivity index (χ4n) is 2.90. The maximum Gasteiger partial charge on any atom is 0.324 e. The van der Waals surface area contributed by atoms with Gasteiger partial charge in [-0.2, -0.15) is 0 Å². The lowest BCUT2D eigenvalue weighted by Crippen LogP contribution is -2.09. The van der Waals surface area contributed by atoms with Crippen LogP contribution in [0.25, 0.3) is 11.3 Å². The van der Waals surface area contributed by atoms with Gasteiger partial charge in [0, 0.05) is 11.6 Å². The predicted octanol–water partition coefficient (Wildman–Crippen LogP) is 7.41. The first-order chi connectivity index (χ1) is 16.8. The molecule has 0 aliphatic rings. The standard InChI is InChI=1S/C23H17ClFN3O5S2/c1-2-11-32-15-6-3-13(4-7-15)20-22(33-17-8-5-14(25)12-16(17)24)35-23(26-20)27-21(29)18-9-10-19(34-18)28(30)31/h3-10,12H,2,11H2,1H3,(H,26,27,29). The van der Waals surface area contributed by atoms with Crippen LogP contribution in [0.15, 0.2) is 54.6 Å². The number of rotatable bonds is 9. The third kappa shape index (κ3) is 5.94. The van der Waals surface area contributed by atoms with E-state index in [4.69, 9.17) is 21.1 Å². The Hall–Kier alpha value is -3.54. The van der Waals surface area contributed by atoms with Crippen molar-refractivity contribution in [3.05, 3.63) is 80.4 Å². The molecule has 0 spiro atoms. The zero-order valence-electron chi connectivity index (χ0n) is 18.1. The van der Waals surface area contributed by atoms with Gasteiger partial charge in [-0.05, 0) is 55.0 Å². The number of thiophene rings is 1. The van der Waals surface area contributed by atoms with Crippen LogP contribution in [0.4, 0.5) is 14.5 Å². The molecule has 4 rings (SSSR count). The average Bonchev–Trinajstić information content (AvgIpc) is 3.48. The molecule has 2 aromatic heterocycles.